The van der Waals surface area contributed by atoms with Crippen LogP contribution in [0.15, 0.2) is 72.8 Å². The van der Waals surface area contributed by atoms with E-state index in [9.17, 15) is 18.0 Å². The highest BCUT2D eigenvalue weighted by atomic mass is 35.5. The molecule has 0 saturated heterocycles. The molecule has 0 aliphatic rings. The Morgan fingerprint density at radius 2 is 1.55 bits per heavy atom. The number of amides is 2. The maximum absolute atomic E-state index is 13.7. The largest absolute Gasteiger partial charge is 0.457 e. The number of hydrogen-bond acceptors (Lipinski definition) is 5. The van der Waals surface area contributed by atoms with E-state index < -0.39 is 28.5 Å². The van der Waals surface area contributed by atoms with Gasteiger partial charge in [-0.1, -0.05) is 61.3 Å². The van der Waals surface area contributed by atoms with Crippen LogP contribution < -0.4 is 14.4 Å². The molecule has 0 aliphatic heterocycles. The van der Waals surface area contributed by atoms with Crippen molar-refractivity contribution >= 4 is 50.7 Å². The Morgan fingerprint density at radius 3 is 2.12 bits per heavy atom. The molecule has 0 radical (unpaired) electrons. The summed E-state index contributed by atoms with van der Waals surface area (Å²) < 4.78 is 32.4. The number of carbonyl (C=O) groups excluding carboxylic acids is 2. The zero-order valence-corrected chi connectivity index (χ0v) is 25.1. The fraction of sp³-hybridized carbons (Fsp3) is 0.310. The Kier molecular flexibility index (Phi) is 10.8. The lowest BCUT2D eigenvalue weighted by atomic mass is 10.1. The summed E-state index contributed by atoms with van der Waals surface area (Å²) in [4.78, 5) is 28.0. The summed E-state index contributed by atoms with van der Waals surface area (Å²) in [6, 6.07) is 19.5. The molecule has 0 aromatic heterocycles. The number of ether oxygens (including phenoxy) is 1. The molecule has 40 heavy (non-hydrogen) atoms. The number of nitrogens with zero attached hydrogens (tertiary/aromatic N) is 2. The van der Waals surface area contributed by atoms with E-state index in [2.05, 4.69) is 5.32 Å². The predicted molar refractivity (Wildman–Crippen MR) is 159 cm³/mol. The highest BCUT2D eigenvalue weighted by molar-refractivity contribution is 7.92. The van der Waals surface area contributed by atoms with Crippen LogP contribution in [-0.2, 0) is 26.2 Å². The Bertz CT molecular complexity index is 1420. The van der Waals surface area contributed by atoms with Gasteiger partial charge in [0.05, 0.1) is 11.9 Å². The lowest BCUT2D eigenvalue weighted by Gasteiger charge is -2.32. The molecule has 1 N–H and O–H groups in total. The van der Waals surface area contributed by atoms with Gasteiger partial charge in [0.15, 0.2) is 0 Å². The lowest BCUT2D eigenvalue weighted by molar-refractivity contribution is -0.139. The molecule has 214 valence electrons. The number of halogens is 2. The second kappa shape index (κ2) is 13.9. The number of benzene rings is 3. The molecular formula is C29H33Cl2N3O5S. The van der Waals surface area contributed by atoms with Gasteiger partial charge in [0, 0.05) is 23.1 Å². The van der Waals surface area contributed by atoms with Gasteiger partial charge in [0.2, 0.25) is 21.8 Å². The smallest absolute Gasteiger partial charge is 0.244 e. The summed E-state index contributed by atoms with van der Waals surface area (Å²) >= 11 is 12.4. The fourth-order valence-corrected chi connectivity index (χ4v) is 5.11. The monoisotopic (exact) mass is 605 g/mol. The van der Waals surface area contributed by atoms with Gasteiger partial charge in [-0.15, -0.1) is 0 Å². The molecule has 0 aliphatic carbocycles. The number of anilines is 1. The van der Waals surface area contributed by atoms with Gasteiger partial charge in [-0.25, -0.2) is 8.42 Å². The first-order valence-corrected chi connectivity index (χ1v) is 15.3. The second-order valence-corrected chi connectivity index (χ2v) is 12.5. The molecule has 3 aromatic rings. The van der Waals surface area contributed by atoms with Crippen molar-refractivity contribution in [3.8, 4) is 11.5 Å². The van der Waals surface area contributed by atoms with Crippen LogP contribution in [0.25, 0.3) is 0 Å². The van der Waals surface area contributed by atoms with Crippen molar-refractivity contribution in [2.24, 2.45) is 5.92 Å². The third-order valence-electron chi connectivity index (χ3n) is 5.99. The van der Waals surface area contributed by atoms with E-state index in [-0.39, 0.29) is 24.1 Å². The Balaban J connectivity index is 1.87. The minimum atomic E-state index is -3.87. The van der Waals surface area contributed by atoms with Crippen molar-refractivity contribution < 1.29 is 22.7 Å². The molecule has 0 spiro atoms. The van der Waals surface area contributed by atoms with Crippen LogP contribution in [0.2, 0.25) is 10.0 Å². The number of para-hydroxylation sites is 1. The molecule has 0 fully saturated rings. The predicted octanol–water partition coefficient (Wildman–Crippen LogP) is 5.74. The summed E-state index contributed by atoms with van der Waals surface area (Å²) in [5.41, 5.74) is 0.842. The van der Waals surface area contributed by atoms with E-state index in [1.54, 1.807) is 61.5 Å². The van der Waals surface area contributed by atoms with Gasteiger partial charge in [-0.2, -0.15) is 0 Å². The third-order valence-corrected chi connectivity index (χ3v) is 7.72. The highest BCUT2D eigenvalue weighted by Gasteiger charge is 2.30. The maximum atomic E-state index is 13.7. The molecule has 3 aromatic carbocycles. The van der Waals surface area contributed by atoms with E-state index in [0.717, 1.165) is 10.6 Å². The lowest BCUT2D eigenvalue weighted by Crippen LogP contribution is -2.51. The quantitative estimate of drug-likeness (QED) is 0.284. The van der Waals surface area contributed by atoms with Gasteiger partial charge in [-0.05, 0) is 66.9 Å². The van der Waals surface area contributed by atoms with Crippen LogP contribution in [0.3, 0.4) is 0 Å². The molecule has 0 bridgehead atoms. The summed E-state index contributed by atoms with van der Waals surface area (Å²) in [6.07, 6.45) is 1.02. The number of carbonyl (C=O) groups is 2. The first-order chi connectivity index (χ1) is 18.8. The molecule has 2 amide bonds. The van der Waals surface area contributed by atoms with Gasteiger partial charge in [0.1, 0.15) is 24.1 Å². The number of hydrogen-bond donors (Lipinski definition) is 1. The van der Waals surface area contributed by atoms with Crippen LogP contribution >= 0.6 is 23.2 Å². The van der Waals surface area contributed by atoms with E-state index in [1.807, 2.05) is 32.0 Å². The van der Waals surface area contributed by atoms with Crippen LogP contribution in [0.4, 0.5) is 5.69 Å². The molecule has 11 heteroatoms. The molecular weight excluding hydrogens is 573 g/mol. The van der Waals surface area contributed by atoms with Crippen molar-refractivity contribution in [3.05, 3.63) is 88.4 Å². The minimum absolute atomic E-state index is 0.0213. The number of rotatable bonds is 12. The van der Waals surface area contributed by atoms with Gasteiger partial charge in [0.25, 0.3) is 0 Å². The summed E-state index contributed by atoms with van der Waals surface area (Å²) in [5.74, 6) is 0.407. The first kappa shape index (κ1) is 31.3. The average molecular weight is 607 g/mol. The topological polar surface area (TPSA) is 96.0 Å². The van der Waals surface area contributed by atoms with E-state index in [4.69, 9.17) is 27.9 Å². The third kappa shape index (κ3) is 8.87. The molecule has 0 unspecified atom stereocenters. The molecule has 0 saturated carbocycles. The van der Waals surface area contributed by atoms with E-state index in [0.29, 0.717) is 33.7 Å². The van der Waals surface area contributed by atoms with Gasteiger partial charge < -0.3 is 15.0 Å². The normalized spacial score (nSPS) is 12.1. The Hall–Kier alpha value is -3.27. The molecule has 3 rings (SSSR count). The zero-order chi connectivity index (χ0) is 29.4. The second-order valence-electron chi connectivity index (χ2n) is 9.75. The standard InChI is InChI=1S/C29H33Cl2N3O5S/c1-20(2)17-32-29(36)21(3)33(18-22-10-11-23(30)16-27(22)31)28(35)19-34(40(4,37)38)24-12-14-26(15-13-24)39-25-8-6-5-7-9-25/h5-16,20-21H,17-19H2,1-4H3,(H,32,36)/t21-/m0/s1. The Morgan fingerprint density at radius 1 is 0.925 bits per heavy atom. The number of sulfonamides is 1. The van der Waals surface area contributed by atoms with Crippen LogP contribution in [0.1, 0.15) is 26.3 Å². The zero-order valence-electron chi connectivity index (χ0n) is 22.8. The van der Waals surface area contributed by atoms with Crippen LogP contribution in [-0.4, -0.2) is 50.5 Å². The van der Waals surface area contributed by atoms with Crippen molar-refractivity contribution in [2.75, 3.05) is 23.7 Å². The minimum Gasteiger partial charge on any atom is -0.457 e. The number of nitrogens with one attached hydrogen (secondary N) is 1. The van der Waals surface area contributed by atoms with Gasteiger partial charge in [-0.3, -0.25) is 13.9 Å². The summed E-state index contributed by atoms with van der Waals surface area (Å²) in [7, 11) is -3.87. The first-order valence-electron chi connectivity index (χ1n) is 12.7. The summed E-state index contributed by atoms with van der Waals surface area (Å²) in [5, 5.41) is 3.59. The molecule has 1 atom stereocenters. The van der Waals surface area contributed by atoms with Gasteiger partial charge >= 0.3 is 0 Å². The average Bonchev–Trinajstić information content (AvgIpc) is 2.90. The highest BCUT2D eigenvalue weighted by Crippen LogP contribution is 2.27. The molecule has 0 heterocycles. The van der Waals surface area contributed by atoms with E-state index in [1.165, 1.54) is 4.90 Å². The fourth-order valence-electron chi connectivity index (χ4n) is 3.79. The van der Waals surface area contributed by atoms with Crippen molar-refractivity contribution in [1.29, 1.82) is 0 Å². The molecule has 8 nitrogen and oxygen atoms in total. The van der Waals surface area contributed by atoms with Crippen LogP contribution in [0.5, 0.6) is 11.5 Å². The maximum Gasteiger partial charge on any atom is 0.244 e. The Labute approximate surface area is 245 Å². The van der Waals surface area contributed by atoms with Crippen molar-refractivity contribution in [2.45, 2.75) is 33.4 Å². The summed E-state index contributed by atoms with van der Waals surface area (Å²) in [6.45, 7) is 5.40. The van der Waals surface area contributed by atoms with Crippen molar-refractivity contribution in [1.82, 2.24) is 10.2 Å². The van der Waals surface area contributed by atoms with Crippen molar-refractivity contribution in [3.63, 3.8) is 0 Å². The van der Waals surface area contributed by atoms with Crippen LogP contribution in [0, 0.1) is 5.92 Å². The van der Waals surface area contributed by atoms with E-state index >= 15 is 0 Å². The SMILES string of the molecule is CC(C)CNC(=O)[C@H](C)N(Cc1ccc(Cl)cc1Cl)C(=O)CN(c1ccc(Oc2ccccc2)cc1)S(C)(=O)=O.